The number of hydrogen-bond donors (Lipinski definition) is 0. The van der Waals surface area contributed by atoms with Crippen molar-refractivity contribution in [2.24, 2.45) is 0 Å². The van der Waals surface area contributed by atoms with Gasteiger partial charge in [0.15, 0.2) is 0 Å². The molecule has 2 aliphatic rings. The van der Waals surface area contributed by atoms with Gasteiger partial charge < -0.3 is 12.4 Å². The largest absolute Gasteiger partial charge is 1.00 e. The number of allylic oxidation sites excluding steroid dienone is 8. The molecule has 0 bridgehead atoms. The van der Waals surface area contributed by atoms with Crippen molar-refractivity contribution in [3.63, 3.8) is 0 Å². The third kappa shape index (κ3) is 2.99. The maximum absolute atomic E-state index is 2.22. The van der Waals surface area contributed by atoms with Crippen molar-refractivity contribution in [1.29, 1.82) is 0 Å². The summed E-state index contributed by atoms with van der Waals surface area (Å²) in [5, 5.41) is 0. The molecule has 0 spiro atoms. The molecule has 0 amide bonds. The van der Waals surface area contributed by atoms with Crippen LogP contribution < -0.4 is 12.4 Å². The summed E-state index contributed by atoms with van der Waals surface area (Å²) in [6.07, 6.45) is 15.4. The molecule has 0 fully saturated rings. The summed E-state index contributed by atoms with van der Waals surface area (Å²) < 4.78 is 0. The second-order valence-corrected chi connectivity index (χ2v) is 3.27. The fourth-order valence-corrected chi connectivity index (χ4v) is 1.66. The predicted molar refractivity (Wildman–Crippen MR) is 52.6 cm³/mol. The van der Waals surface area contributed by atoms with Crippen LogP contribution >= 0.6 is 0 Å². The molecule has 0 atom stereocenters. The van der Waals surface area contributed by atoms with Crippen LogP contribution in [0.15, 0.2) is 47.6 Å². The molecule has 0 aromatic rings. The Hall–Kier alpha value is -0.00987. The molecule has 14 heavy (non-hydrogen) atoms. The molecule has 0 N–H and O–H groups in total. The molecule has 0 aliphatic heterocycles. The topological polar surface area (TPSA) is 0 Å². The molecule has 0 aromatic carbocycles. The third-order valence-electron chi connectivity index (χ3n) is 2.51. The van der Waals surface area contributed by atoms with Gasteiger partial charge in [-0.25, -0.2) is 0 Å². The summed E-state index contributed by atoms with van der Waals surface area (Å²) >= 11 is 0. The minimum Gasteiger partial charge on any atom is -1.00 e. The van der Waals surface area contributed by atoms with E-state index in [0.717, 1.165) is 12.8 Å². The molecule has 0 aromatic heterocycles. The van der Waals surface area contributed by atoms with Crippen LogP contribution in [0.1, 0.15) is 19.8 Å². The Kier molecular flexibility index (Phi) is 6.46. The first-order valence-electron chi connectivity index (χ1n) is 4.43. The van der Waals surface area contributed by atoms with E-state index in [9.17, 15) is 0 Å². The molecule has 74 valence electrons. The van der Waals surface area contributed by atoms with Gasteiger partial charge in [0.1, 0.15) is 0 Å². The Bertz CT molecular complexity index is 267. The summed E-state index contributed by atoms with van der Waals surface area (Å²) in [5.41, 5.74) is 2.95. The van der Waals surface area contributed by atoms with E-state index < -0.39 is 0 Å². The van der Waals surface area contributed by atoms with Crippen molar-refractivity contribution < 1.29 is 38.3 Å². The zero-order valence-corrected chi connectivity index (χ0v) is 12.6. The Morgan fingerprint density at radius 3 is 1.71 bits per heavy atom. The first-order valence-corrected chi connectivity index (χ1v) is 4.43. The Morgan fingerprint density at radius 2 is 1.43 bits per heavy atom. The third-order valence-corrected chi connectivity index (χ3v) is 2.51. The summed E-state index contributed by atoms with van der Waals surface area (Å²) in [7, 11) is 0. The fraction of sp³-hybridized carbons (Fsp3) is 0.250. The van der Waals surface area contributed by atoms with Crippen LogP contribution in [0.4, 0.5) is 0 Å². The second kappa shape index (κ2) is 6.47. The van der Waals surface area contributed by atoms with E-state index in [1.165, 1.54) is 17.1 Å². The van der Waals surface area contributed by atoms with Gasteiger partial charge >= 0.3 is 0 Å². The molecule has 0 nitrogen and oxygen atoms in total. The van der Waals surface area contributed by atoms with E-state index in [-0.39, 0.29) is 38.3 Å². The summed E-state index contributed by atoms with van der Waals surface area (Å²) in [6, 6.07) is 0. The molecule has 2 heteroatoms. The van der Waals surface area contributed by atoms with Gasteiger partial charge in [-0.15, -0.1) is 23.3 Å². The quantitative estimate of drug-likeness (QED) is 0.486. The van der Waals surface area contributed by atoms with E-state index in [4.69, 9.17) is 0 Å². The van der Waals surface area contributed by atoms with Crippen molar-refractivity contribution in [3.8, 4) is 0 Å². The molecule has 0 heterocycles. The van der Waals surface area contributed by atoms with Crippen molar-refractivity contribution in [2.45, 2.75) is 19.8 Å². The average Bonchev–Trinajstić information content (AvgIpc) is 2.77. The molecule has 0 saturated carbocycles. The van der Waals surface area contributed by atoms with Gasteiger partial charge in [-0.3, -0.25) is 0 Å². The van der Waals surface area contributed by atoms with Gasteiger partial charge in [0, 0.05) is 25.8 Å². The van der Waals surface area contributed by atoms with Crippen LogP contribution in [0.2, 0.25) is 0 Å². The first-order chi connectivity index (χ1) is 5.88. The summed E-state index contributed by atoms with van der Waals surface area (Å²) in [5.74, 6) is 1.46. The monoisotopic (exact) mass is 372 g/mol. The number of hydrogen-bond acceptors (Lipinski definition) is 0. The Labute approximate surface area is 111 Å². The van der Waals surface area contributed by atoms with E-state index in [2.05, 4.69) is 43.4 Å². The molecular weight excluding hydrogens is 358 g/mol. The summed E-state index contributed by atoms with van der Waals surface area (Å²) in [6.45, 7) is 2.22. The molecule has 2 rings (SSSR count). The maximum Gasteiger partial charge on any atom is 0 e. The van der Waals surface area contributed by atoms with E-state index in [1.54, 1.807) is 0 Å². The second-order valence-electron chi connectivity index (χ2n) is 3.27. The Morgan fingerprint density at radius 1 is 1.00 bits per heavy atom. The van der Waals surface area contributed by atoms with Crippen LogP contribution in [-0.4, -0.2) is 0 Å². The van der Waals surface area contributed by atoms with Crippen molar-refractivity contribution in [3.05, 3.63) is 53.5 Å². The number of halogens is 1. The Balaban J connectivity index is 0.000000845. The minimum absolute atomic E-state index is 0. The molecule has 0 unspecified atom stereocenters. The van der Waals surface area contributed by atoms with Crippen LogP contribution in [-0.2, 0) is 25.8 Å². The van der Waals surface area contributed by atoms with Gasteiger partial charge in [0.05, 0.1) is 0 Å². The minimum atomic E-state index is 0. The van der Waals surface area contributed by atoms with Crippen molar-refractivity contribution in [1.82, 2.24) is 0 Å². The van der Waals surface area contributed by atoms with Crippen LogP contribution in [0.25, 0.3) is 0 Å². The fourth-order valence-electron chi connectivity index (χ4n) is 1.66. The molecule has 0 radical (unpaired) electrons. The SMILES string of the molecule is C[C-](C1=CC=CC1)C1=CC=CC1.[Cl-].[Hf]. The van der Waals surface area contributed by atoms with Gasteiger partial charge in [0.25, 0.3) is 0 Å². The standard InChI is InChI=1S/C12H13.ClH.Hf/c1-10(11-6-2-3-7-11)12-8-4-5-9-12;;/h2-6,8H,7,9H2,1H3;1H;/q-1;;/p-1. The zero-order chi connectivity index (χ0) is 8.39. The van der Waals surface area contributed by atoms with Crippen molar-refractivity contribution >= 4 is 0 Å². The normalized spacial score (nSPS) is 16.9. The summed E-state index contributed by atoms with van der Waals surface area (Å²) in [4.78, 5) is 0. The molecular formula is C12H13ClHf-2. The average molecular weight is 371 g/mol. The van der Waals surface area contributed by atoms with E-state index in [1.807, 2.05) is 0 Å². The van der Waals surface area contributed by atoms with Crippen LogP contribution in [0, 0.1) is 5.92 Å². The van der Waals surface area contributed by atoms with Gasteiger partial charge in [-0.2, -0.15) is 18.1 Å². The smallest absolute Gasteiger partial charge is 0 e. The molecule has 2 aliphatic carbocycles. The first kappa shape index (κ1) is 14.0. The van der Waals surface area contributed by atoms with Crippen LogP contribution in [0.3, 0.4) is 0 Å². The van der Waals surface area contributed by atoms with Gasteiger partial charge in [-0.1, -0.05) is 19.1 Å². The van der Waals surface area contributed by atoms with Crippen LogP contribution in [0.5, 0.6) is 0 Å². The molecule has 0 saturated heterocycles. The predicted octanol–water partition coefficient (Wildman–Crippen LogP) is 0.355. The van der Waals surface area contributed by atoms with Gasteiger partial charge in [0.2, 0.25) is 0 Å². The maximum atomic E-state index is 2.22. The zero-order valence-electron chi connectivity index (χ0n) is 8.26. The van der Waals surface area contributed by atoms with Crippen molar-refractivity contribution in [2.75, 3.05) is 0 Å². The van der Waals surface area contributed by atoms with E-state index in [0.29, 0.717) is 0 Å². The number of rotatable bonds is 2. The van der Waals surface area contributed by atoms with E-state index >= 15 is 0 Å². The van der Waals surface area contributed by atoms with Gasteiger partial charge in [-0.05, 0) is 12.8 Å².